The van der Waals surface area contributed by atoms with E-state index in [0.717, 1.165) is 6.54 Å². The van der Waals surface area contributed by atoms with Gasteiger partial charge in [-0.1, -0.05) is 18.6 Å². The highest BCUT2D eigenvalue weighted by Gasteiger charge is 2.11. The van der Waals surface area contributed by atoms with Gasteiger partial charge in [0, 0.05) is 18.3 Å². The van der Waals surface area contributed by atoms with Gasteiger partial charge >= 0.3 is 0 Å². The van der Waals surface area contributed by atoms with Crippen LogP contribution in [0.5, 0.6) is 0 Å². The molecule has 2 rings (SSSR count). The Morgan fingerprint density at radius 2 is 2.33 bits per heavy atom. The topological polar surface area (TPSA) is 24.1 Å². The molecule has 82 valence electrons. The molecule has 1 saturated heterocycles. The Bertz CT molecular complexity index is 303. The second kappa shape index (κ2) is 5.17. The van der Waals surface area contributed by atoms with Crippen molar-refractivity contribution in [3.05, 3.63) is 29.8 Å². The fourth-order valence-corrected chi connectivity index (χ4v) is 2.09. The van der Waals surface area contributed by atoms with E-state index in [9.17, 15) is 0 Å². The number of aryl methyl sites for hydroxylation is 1. The number of rotatable bonds is 3. The second-order valence-electron chi connectivity index (χ2n) is 4.40. The van der Waals surface area contributed by atoms with Crippen molar-refractivity contribution in [3.63, 3.8) is 0 Å². The zero-order valence-corrected chi connectivity index (χ0v) is 9.42. The van der Waals surface area contributed by atoms with Crippen molar-refractivity contribution in [3.8, 4) is 0 Å². The van der Waals surface area contributed by atoms with E-state index in [2.05, 4.69) is 41.8 Å². The molecule has 1 aromatic rings. The molecule has 2 N–H and O–H groups in total. The van der Waals surface area contributed by atoms with Crippen molar-refractivity contribution < 1.29 is 0 Å². The van der Waals surface area contributed by atoms with Gasteiger partial charge in [-0.25, -0.2) is 0 Å². The number of nitrogens with one attached hydrogen (secondary N) is 2. The summed E-state index contributed by atoms with van der Waals surface area (Å²) in [6.45, 7) is 4.35. The summed E-state index contributed by atoms with van der Waals surface area (Å²) in [5.74, 6) is 0. The van der Waals surface area contributed by atoms with E-state index in [4.69, 9.17) is 0 Å². The van der Waals surface area contributed by atoms with Crippen LogP contribution in [-0.4, -0.2) is 19.1 Å². The van der Waals surface area contributed by atoms with E-state index in [0.29, 0.717) is 6.04 Å². The maximum Gasteiger partial charge on any atom is 0.0343 e. The Morgan fingerprint density at radius 1 is 1.40 bits per heavy atom. The smallest absolute Gasteiger partial charge is 0.0343 e. The van der Waals surface area contributed by atoms with E-state index >= 15 is 0 Å². The van der Waals surface area contributed by atoms with Gasteiger partial charge < -0.3 is 10.6 Å². The van der Waals surface area contributed by atoms with Crippen molar-refractivity contribution in [1.82, 2.24) is 5.32 Å². The molecule has 0 amide bonds. The first kappa shape index (κ1) is 10.5. The molecule has 0 spiro atoms. The van der Waals surface area contributed by atoms with Gasteiger partial charge in [0.1, 0.15) is 0 Å². The summed E-state index contributed by atoms with van der Waals surface area (Å²) in [5.41, 5.74) is 2.55. The highest BCUT2D eigenvalue weighted by molar-refractivity contribution is 5.45. The predicted octanol–water partition coefficient (Wildman–Crippen LogP) is 2.55. The van der Waals surface area contributed by atoms with E-state index in [1.54, 1.807) is 0 Å². The minimum Gasteiger partial charge on any atom is -0.383 e. The van der Waals surface area contributed by atoms with Crippen LogP contribution in [0.3, 0.4) is 0 Å². The molecule has 15 heavy (non-hydrogen) atoms. The summed E-state index contributed by atoms with van der Waals surface area (Å²) in [6, 6.07) is 9.22. The normalized spacial score (nSPS) is 21.3. The molecule has 1 aromatic carbocycles. The summed E-state index contributed by atoms with van der Waals surface area (Å²) in [5, 5.41) is 7.03. The van der Waals surface area contributed by atoms with Gasteiger partial charge in [0.25, 0.3) is 0 Å². The Morgan fingerprint density at radius 3 is 3.07 bits per heavy atom. The summed E-state index contributed by atoms with van der Waals surface area (Å²) in [4.78, 5) is 0. The van der Waals surface area contributed by atoms with Crippen molar-refractivity contribution in [2.24, 2.45) is 0 Å². The first-order chi connectivity index (χ1) is 7.34. The summed E-state index contributed by atoms with van der Waals surface area (Å²) < 4.78 is 0. The maximum absolute atomic E-state index is 3.54. The first-order valence-electron chi connectivity index (χ1n) is 5.88. The van der Waals surface area contributed by atoms with Crippen LogP contribution in [0.1, 0.15) is 24.8 Å². The van der Waals surface area contributed by atoms with Crippen LogP contribution in [0.15, 0.2) is 24.3 Å². The third-order valence-electron chi connectivity index (χ3n) is 2.98. The van der Waals surface area contributed by atoms with Gasteiger partial charge in [-0.2, -0.15) is 0 Å². The zero-order valence-electron chi connectivity index (χ0n) is 9.42. The lowest BCUT2D eigenvalue weighted by molar-refractivity contribution is 0.414. The van der Waals surface area contributed by atoms with Gasteiger partial charge in [0.15, 0.2) is 0 Å². The van der Waals surface area contributed by atoms with E-state index < -0.39 is 0 Å². The SMILES string of the molecule is Cc1cccc(NCC2CCCCN2)c1. The molecule has 0 bridgehead atoms. The average Bonchev–Trinajstić information content (AvgIpc) is 2.28. The lowest BCUT2D eigenvalue weighted by Gasteiger charge is -2.24. The Balaban J connectivity index is 1.81. The van der Waals surface area contributed by atoms with Crippen LogP contribution in [-0.2, 0) is 0 Å². The van der Waals surface area contributed by atoms with E-state index in [1.165, 1.54) is 37.1 Å². The summed E-state index contributed by atoms with van der Waals surface area (Å²) in [6.07, 6.45) is 4.01. The standard InChI is InChI=1S/C13H20N2/c1-11-5-4-7-12(9-11)15-10-13-6-2-3-8-14-13/h4-5,7,9,13-15H,2-3,6,8,10H2,1H3. The highest BCUT2D eigenvalue weighted by Crippen LogP contribution is 2.11. The molecule has 2 nitrogen and oxygen atoms in total. The fraction of sp³-hybridized carbons (Fsp3) is 0.538. The van der Waals surface area contributed by atoms with Gasteiger partial charge in [-0.05, 0) is 44.0 Å². The third kappa shape index (κ3) is 3.24. The number of benzene rings is 1. The quantitative estimate of drug-likeness (QED) is 0.790. The molecule has 0 radical (unpaired) electrons. The lowest BCUT2D eigenvalue weighted by atomic mass is 10.1. The molecule has 1 unspecified atom stereocenters. The molecule has 1 aliphatic rings. The molecule has 2 heteroatoms. The van der Waals surface area contributed by atoms with Crippen LogP contribution in [0.2, 0.25) is 0 Å². The molecule has 1 atom stereocenters. The predicted molar refractivity (Wildman–Crippen MR) is 65.3 cm³/mol. The van der Waals surface area contributed by atoms with Crippen LogP contribution >= 0.6 is 0 Å². The molecule has 1 heterocycles. The lowest BCUT2D eigenvalue weighted by Crippen LogP contribution is -2.39. The fourth-order valence-electron chi connectivity index (χ4n) is 2.09. The minimum absolute atomic E-state index is 0.652. The third-order valence-corrected chi connectivity index (χ3v) is 2.98. The average molecular weight is 204 g/mol. The van der Waals surface area contributed by atoms with Crippen LogP contribution in [0.4, 0.5) is 5.69 Å². The number of hydrogen-bond donors (Lipinski definition) is 2. The molecular weight excluding hydrogens is 184 g/mol. The van der Waals surface area contributed by atoms with Gasteiger partial charge in [0.2, 0.25) is 0 Å². The second-order valence-corrected chi connectivity index (χ2v) is 4.40. The first-order valence-corrected chi connectivity index (χ1v) is 5.88. The number of piperidine rings is 1. The Kier molecular flexibility index (Phi) is 3.62. The van der Waals surface area contributed by atoms with Crippen LogP contribution < -0.4 is 10.6 Å². The Labute approximate surface area is 92.1 Å². The summed E-state index contributed by atoms with van der Waals surface area (Å²) >= 11 is 0. The molecule has 1 aliphatic heterocycles. The number of anilines is 1. The highest BCUT2D eigenvalue weighted by atomic mass is 15.0. The van der Waals surface area contributed by atoms with Crippen molar-refractivity contribution in [2.45, 2.75) is 32.2 Å². The van der Waals surface area contributed by atoms with Gasteiger partial charge in [-0.3, -0.25) is 0 Å². The Hall–Kier alpha value is -1.02. The maximum atomic E-state index is 3.54. The summed E-state index contributed by atoms with van der Waals surface area (Å²) in [7, 11) is 0. The van der Waals surface area contributed by atoms with Crippen molar-refractivity contribution in [1.29, 1.82) is 0 Å². The molecule has 0 aromatic heterocycles. The molecule has 0 aliphatic carbocycles. The molecule has 0 saturated carbocycles. The van der Waals surface area contributed by atoms with Crippen LogP contribution in [0.25, 0.3) is 0 Å². The van der Waals surface area contributed by atoms with E-state index in [-0.39, 0.29) is 0 Å². The largest absolute Gasteiger partial charge is 0.383 e. The zero-order chi connectivity index (χ0) is 10.5. The molecule has 1 fully saturated rings. The number of hydrogen-bond acceptors (Lipinski definition) is 2. The molecular formula is C13H20N2. The van der Waals surface area contributed by atoms with Crippen molar-refractivity contribution in [2.75, 3.05) is 18.4 Å². The van der Waals surface area contributed by atoms with Gasteiger partial charge in [-0.15, -0.1) is 0 Å². The monoisotopic (exact) mass is 204 g/mol. The van der Waals surface area contributed by atoms with E-state index in [1.807, 2.05) is 0 Å². The minimum atomic E-state index is 0.652. The van der Waals surface area contributed by atoms with Crippen molar-refractivity contribution >= 4 is 5.69 Å². The van der Waals surface area contributed by atoms with Gasteiger partial charge in [0.05, 0.1) is 0 Å². The van der Waals surface area contributed by atoms with Crippen LogP contribution in [0, 0.1) is 6.92 Å².